The zero-order valence-corrected chi connectivity index (χ0v) is 11.3. The van der Waals surface area contributed by atoms with Crippen LogP contribution in [0.3, 0.4) is 0 Å². The number of non-ortho nitro benzene ring substituents is 1. The summed E-state index contributed by atoms with van der Waals surface area (Å²) < 4.78 is 23.0. The number of nitrogens with zero attached hydrogens (tertiary/aromatic N) is 3. The van der Waals surface area contributed by atoms with E-state index in [1.807, 2.05) is 0 Å². The Morgan fingerprint density at radius 1 is 1.30 bits per heavy atom. The molecule has 0 saturated heterocycles. The number of rotatable bonds is 3. The summed E-state index contributed by atoms with van der Waals surface area (Å²) in [6.07, 6.45) is 2.48. The first kappa shape index (κ1) is 14.3. The van der Waals surface area contributed by atoms with Gasteiger partial charge in [0.05, 0.1) is 27.9 Å². The van der Waals surface area contributed by atoms with Crippen LogP contribution >= 0.6 is 11.6 Å². The third-order valence-corrected chi connectivity index (χ3v) is 3.51. The fourth-order valence-electron chi connectivity index (χ4n) is 1.55. The van der Waals surface area contributed by atoms with Crippen molar-refractivity contribution in [2.45, 2.75) is 4.90 Å². The van der Waals surface area contributed by atoms with Gasteiger partial charge in [-0.25, -0.2) is 18.5 Å². The molecule has 104 valence electrons. The van der Waals surface area contributed by atoms with Gasteiger partial charge < -0.3 is 0 Å². The topological polar surface area (TPSA) is 129 Å². The number of hydrogen-bond acceptors (Lipinski definition) is 6. The van der Waals surface area contributed by atoms with E-state index in [0.717, 1.165) is 18.2 Å². The molecule has 2 rings (SSSR count). The monoisotopic (exact) mass is 314 g/mol. The second-order valence-corrected chi connectivity index (χ2v) is 5.63. The highest BCUT2D eigenvalue weighted by molar-refractivity contribution is 7.89. The Morgan fingerprint density at radius 3 is 2.55 bits per heavy atom. The standard InChI is InChI=1S/C10H7ClN4O4S/c11-10-5-13-4-8(14-10)7-3-6(15(16)17)1-2-9(7)20(12,18)19/h1-5H,(H2,12,18,19). The molecule has 20 heavy (non-hydrogen) atoms. The molecule has 10 heteroatoms. The smallest absolute Gasteiger partial charge is 0.259 e. The van der Waals surface area contributed by atoms with E-state index in [1.54, 1.807) is 0 Å². The van der Waals surface area contributed by atoms with Crippen LogP contribution in [0.2, 0.25) is 5.15 Å². The minimum Gasteiger partial charge on any atom is -0.259 e. The fraction of sp³-hybridized carbons (Fsp3) is 0. The molecule has 0 bridgehead atoms. The Bertz CT molecular complexity index is 794. The van der Waals surface area contributed by atoms with Crippen LogP contribution in [0.4, 0.5) is 5.69 Å². The molecule has 0 fully saturated rings. The molecule has 0 saturated carbocycles. The zero-order valence-electron chi connectivity index (χ0n) is 9.72. The van der Waals surface area contributed by atoms with Gasteiger partial charge in [0.2, 0.25) is 10.0 Å². The first-order valence-corrected chi connectivity index (χ1v) is 7.00. The Labute approximate surface area is 118 Å². The number of nitrogens with two attached hydrogens (primary N) is 1. The van der Waals surface area contributed by atoms with Gasteiger partial charge >= 0.3 is 0 Å². The molecule has 0 radical (unpaired) electrons. The molecule has 0 unspecified atom stereocenters. The van der Waals surface area contributed by atoms with Crippen LogP contribution in [0.1, 0.15) is 0 Å². The number of nitro groups is 1. The number of nitro benzene ring substituents is 1. The third kappa shape index (κ3) is 2.90. The third-order valence-electron chi connectivity index (χ3n) is 2.36. The van der Waals surface area contributed by atoms with Crippen LogP contribution in [0, 0.1) is 10.1 Å². The van der Waals surface area contributed by atoms with Crippen molar-refractivity contribution in [3.63, 3.8) is 0 Å². The predicted molar refractivity (Wildman–Crippen MR) is 70.5 cm³/mol. The van der Waals surface area contributed by atoms with Crippen LogP contribution < -0.4 is 5.14 Å². The summed E-state index contributed by atoms with van der Waals surface area (Å²) >= 11 is 5.68. The number of aromatic nitrogens is 2. The van der Waals surface area contributed by atoms with E-state index in [0.29, 0.717) is 0 Å². The maximum atomic E-state index is 11.5. The molecule has 2 aromatic rings. The van der Waals surface area contributed by atoms with E-state index in [-0.39, 0.29) is 27.0 Å². The molecule has 0 aliphatic rings. The van der Waals surface area contributed by atoms with Gasteiger partial charge in [-0.3, -0.25) is 15.1 Å². The molecule has 2 N–H and O–H groups in total. The summed E-state index contributed by atoms with van der Waals surface area (Å²) in [6.45, 7) is 0. The molecule has 8 nitrogen and oxygen atoms in total. The average Bonchev–Trinajstić information content (AvgIpc) is 2.37. The van der Waals surface area contributed by atoms with Gasteiger partial charge in [-0.05, 0) is 6.07 Å². The van der Waals surface area contributed by atoms with Crippen LogP contribution in [-0.2, 0) is 10.0 Å². The van der Waals surface area contributed by atoms with Gasteiger partial charge in [0.25, 0.3) is 5.69 Å². The Hall–Kier alpha value is -2.10. The van der Waals surface area contributed by atoms with Gasteiger partial charge in [0.15, 0.2) is 0 Å². The molecule has 0 aliphatic carbocycles. The summed E-state index contributed by atoms with van der Waals surface area (Å²) in [5.74, 6) is 0. The highest BCUT2D eigenvalue weighted by Gasteiger charge is 2.20. The Morgan fingerprint density at radius 2 is 2.00 bits per heavy atom. The zero-order chi connectivity index (χ0) is 14.9. The molecule has 0 atom stereocenters. The van der Waals surface area contributed by atoms with Crippen molar-refractivity contribution >= 4 is 27.3 Å². The van der Waals surface area contributed by atoms with Crippen LogP contribution in [0.15, 0.2) is 35.5 Å². The molecule has 1 aromatic heterocycles. The molecule has 0 amide bonds. The van der Waals surface area contributed by atoms with E-state index in [9.17, 15) is 18.5 Å². The minimum atomic E-state index is -4.07. The SMILES string of the molecule is NS(=O)(=O)c1ccc([N+](=O)[O-])cc1-c1cncc(Cl)n1. The van der Waals surface area contributed by atoms with Crippen molar-refractivity contribution in [2.75, 3.05) is 0 Å². The summed E-state index contributed by atoms with van der Waals surface area (Å²) in [5.41, 5.74) is -0.254. The van der Waals surface area contributed by atoms with E-state index >= 15 is 0 Å². The van der Waals surface area contributed by atoms with E-state index in [4.69, 9.17) is 16.7 Å². The van der Waals surface area contributed by atoms with Crippen LogP contribution in [0.5, 0.6) is 0 Å². The van der Waals surface area contributed by atoms with Crippen molar-refractivity contribution in [1.82, 2.24) is 9.97 Å². The van der Waals surface area contributed by atoms with Gasteiger partial charge in [-0.1, -0.05) is 11.6 Å². The number of halogens is 1. The van der Waals surface area contributed by atoms with Gasteiger partial charge in [0, 0.05) is 17.7 Å². The fourth-order valence-corrected chi connectivity index (χ4v) is 2.43. The molecular weight excluding hydrogens is 308 g/mol. The molecule has 0 spiro atoms. The van der Waals surface area contributed by atoms with Crippen LogP contribution in [-0.4, -0.2) is 23.3 Å². The first-order chi connectivity index (χ1) is 9.29. The summed E-state index contributed by atoms with van der Waals surface area (Å²) in [4.78, 5) is 17.5. The highest BCUT2D eigenvalue weighted by atomic mass is 35.5. The Balaban J connectivity index is 2.77. The first-order valence-electron chi connectivity index (χ1n) is 5.08. The lowest BCUT2D eigenvalue weighted by Gasteiger charge is -2.07. The molecule has 1 heterocycles. The summed E-state index contributed by atoms with van der Waals surface area (Å²) in [6, 6.07) is 3.15. The molecule has 1 aromatic carbocycles. The van der Waals surface area contributed by atoms with Gasteiger partial charge in [0.1, 0.15) is 5.15 Å². The van der Waals surface area contributed by atoms with Crippen molar-refractivity contribution in [3.05, 3.63) is 45.9 Å². The maximum absolute atomic E-state index is 11.5. The lowest BCUT2D eigenvalue weighted by molar-refractivity contribution is -0.384. The Kier molecular flexibility index (Phi) is 3.66. The quantitative estimate of drug-likeness (QED) is 0.672. The van der Waals surface area contributed by atoms with E-state index in [2.05, 4.69) is 9.97 Å². The van der Waals surface area contributed by atoms with E-state index in [1.165, 1.54) is 12.4 Å². The number of benzene rings is 1. The number of sulfonamides is 1. The lowest BCUT2D eigenvalue weighted by atomic mass is 10.1. The second kappa shape index (κ2) is 5.12. The maximum Gasteiger partial charge on any atom is 0.270 e. The largest absolute Gasteiger partial charge is 0.270 e. The van der Waals surface area contributed by atoms with Gasteiger partial charge in [-0.15, -0.1) is 0 Å². The van der Waals surface area contributed by atoms with Gasteiger partial charge in [-0.2, -0.15) is 0 Å². The summed E-state index contributed by atoms with van der Waals surface area (Å²) in [7, 11) is -4.07. The van der Waals surface area contributed by atoms with Crippen LogP contribution in [0.25, 0.3) is 11.3 Å². The number of hydrogen-bond donors (Lipinski definition) is 1. The highest BCUT2D eigenvalue weighted by Crippen LogP contribution is 2.29. The normalized spacial score (nSPS) is 11.3. The van der Waals surface area contributed by atoms with E-state index < -0.39 is 14.9 Å². The predicted octanol–water partition coefficient (Wildman–Crippen LogP) is 1.35. The lowest BCUT2D eigenvalue weighted by Crippen LogP contribution is -2.14. The van der Waals surface area contributed by atoms with Crippen molar-refractivity contribution in [1.29, 1.82) is 0 Å². The number of primary sulfonamides is 1. The minimum absolute atomic E-state index is 0.0226. The summed E-state index contributed by atoms with van der Waals surface area (Å²) in [5, 5.41) is 15.9. The molecular formula is C10H7ClN4O4S. The molecule has 0 aliphatic heterocycles. The average molecular weight is 315 g/mol. The van der Waals surface area contributed by atoms with Crippen molar-refractivity contribution < 1.29 is 13.3 Å². The van der Waals surface area contributed by atoms with Crippen molar-refractivity contribution in [3.8, 4) is 11.3 Å². The van der Waals surface area contributed by atoms with Crippen molar-refractivity contribution in [2.24, 2.45) is 5.14 Å². The second-order valence-electron chi connectivity index (χ2n) is 3.71.